The number of aliphatic carboxylic acids is 1. The van der Waals surface area contributed by atoms with Gasteiger partial charge in [0.15, 0.2) is 0 Å². The monoisotopic (exact) mass is 131 g/mol. The number of carboxylic acid groups (broad SMARTS) is 1. The zero-order chi connectivity index (χ0) is 7.65. The van der Waals surface area contributed by atoms with E-state index in [4.69, 9.17) is 10.9 Å². The average molecular weight is 131 g/mol. The highest BCUT2D eigenvalue weighted by Crippen LogP contribution is 1.99. The number of carboxylic acids is 1. The molecule has 0 amide bonds. The van der Waals surface area contributed by atoms with Crippen molar-refractivity contribution in [2.75, 3.05) is 14.1 Å². The number of quaternary nitrogens is 1. The summed E-state index contributed by atoms with van der Waals surface area (Å²) in [5, 5.41) is 8.32. The van der Waals surface area contributed by atoms with Crippen LogP contribution < -0.4 is 5.84 Å². The summed E-state index contributed by atoms with van der Waals surface area (Å²) >= 11 is 0. The van der Waals surface area contributed by atoms with Gasteiger partial charge in [0.2, 0.25) is 5.70 Å². The van der Waals surface area contributed by atoms with Crippen LogP contribution in [0.25, 0.3) is 0 Å². The highest BCUT2D eigenvalue weighted by molar-refractivity contribution is 5.83. The Bertz CT molecular complexity index is 146. The van der Waals surface area contributed by atoms with Gasteiger partial charge in [0.05, 0.1) is 14.1 Å². The number of likely N-dealkylation sites (N-methyl/N-ethyl adjacent to an activating group) is 1. The number of nitrogens with zero attached hydrogens (tertiary/aromatic N) is 1. The second-order valence-corrected chi connectivity index (χ2v) is 2.29. The molecule has 0 rings (SSSR count). The molecule has 3 N–H and O–H groups in total. The van der Waals surface area contributed by atoms with Gasteiger partial charge in [-0.3, -0.25) is 0 Å². The molecule has 0 aromatic heterocycles. The van der Waals surface area contributed by atoms with Crippen molar-refractivity contribution < 1.29 is 14.5 Å². The van der Waals surface area contributed by atoms with Crippen LogP contribution in [0.3, 0.4) is 0 Å². The highest BCUT2D eigenvalue weighted by atomic mass is 16.4. The molecule has 0 unspecified atom stereocenters. The van der Waals surface area contributed by atoms with E-state index in [1.165, 1.54) is 14.1 Å². The van der Waals surface area contributed by atoms with Crippen LogP contribution in [-0.4, -0.2) is 29.8 Å². The Morgan fingerprint density at radius 1 is 1.67 bits per heavy atom. The minimum atomic E-state index is -1.07. The zero-order valence-electron chi connectivity index (χ0n) is 5.59. The molecule has 0 aliphatic carbocycles. The molecule has 0 heterocycles. The Morgan fingerprint density at radius 3 is 2.00 bits per heavy atom. The molecule has 0 aliphatic rings. The van der Waals surface area contributed by atoms with E-state index in [0.717, 1.165) is 0 Å². The van der Waals surface area contributed by atoms with Crippen molar-refractivity contribution in [3.8, 4) is 0 Å². The van der Waals surface area contributed by atoms with E-state index < -0.39 is 5.97 Å². The maximum absolute atomic E-state index is 10.2. The summed E-state index contributed by atoms with van der Waals surface area (Å²) in [6, 6.07) is 0. The molecule has 0 saturated carbocycles. The van der Waals surface area contributed by atoms with Crippen LogP contribution in [0.1, 0.15) is 0 Å². The topological polar surface area (TPSA) is 63.3 Å². The van der Waals surface area contributed by atoms with Gasteiger partial charge in [0, 0.05) is 0 Å². The third-order valence-corrected chi connectivity index (χ3v) is 0.943. The van der Waals surface area contributed by atoms with Gasteiger partial charge >= 0.3 is 5.97 Å². The zero-order valence-corrected chi connectivity index (χ0v) is 5.59. The number of hydrogen-bond donors (Lipinski definition) is 2. The largest absolute Gasteiger partial charge is 0.474 e. The summed E-state index contributed by atoms with van der Waals surface area (Å²) in [4.78, 5) is 10.2. The van der Waals surface area contributed by atoms with Gasteiger partial charge < -0.3 is 5.11 Å². The normalized spacial score (nSPS) is 11.0. The Kier molecular flexibility index (Phi) is 1.95. The lowest BCUT2D eigenvalue weighted by Gasteiger charge is -2.20. The van der Waals surface area contributed by atoms with Gasteiger partial charge in [-0.1, -0.05) is 0 Å². The first-order chi connectivity index (χ1) is 3.85. The van der Waals surface area contributed by atoms with Gasteiger partial charge in [0.1, 0.15) is 0 Å². The fourth-order valence-electron chi connectivity index (χ4n) is 0.247. The minimum Gasteiger partial charge on any atom is -0.474 e. The maximum Gasteiger partial charge on any atom is 0.391 e. The second-order valence-electron chi connectivity index (χ2n) is 2.29. The van der Waals surface area contributed by atoms with E-state index in [2.05, 4.69) is 6.58 Å². The van der Waals surface area contributed by atoms with Crippen LogP contribution in [-0.2, 0) is 4.79 Å². The molecule has 0 spiro atoms. The summed E-state index contributed by atoms with van der Waals surface area (Å²) in [7, 11) is 3.08. The first-order valence-corrected chi connectivity index (χ1v) is 2.41. The quantitative estimate of drug-likeness (QED) is 0.230. The molecular formula is C5H11N2O2+. The molecule has 0 aliphatic heterocycles. The predicted octanol–water partition coefficient (Wildman–Crippen LogP) is -0.465. The first kappa shape index (κ1) is 8.13. The predicted molar refractivity (Wildman–Crippen MR) is 33.1 cm³/mol. The molecule has 0 aromatic rings. The van der Waals surface area contributed by atoms with Crippen LogP contribution in [0.5, 0.6) is 0 Å². The van der Waals surface area contributed by atoms with Crippen LogP contribution in [0, 0.1) is 0 Å². The summed E-state index contributed by atoms with van der Waals surface area (Å²) in [5.41, 5.74) is -0.0324. The summed E-state index contributed by atoms with van der Waals surface area (Å²) in [6.07, 6.45) is 0. The molecule has 52 valence electrons. The highest BCUT2D eigenvalue weighted by Gasteiger charge is 2.21. The van der Waals surface area contributed by atoms with Gasteiger partial charge in [-0.05, 0) is 6.58 Å². The van der Waals surface area contributed by atoms with Crippen molar-refractivity contribution in [1.82, 2.24) is 0 Å². The van der Waals surface area contributed by atoms with Crippen LogP contribution in [0.2, 0.25) is 0 Å². The van der Waals surface area contributed by atoms with Crippen molar-refractivity contribution in [3.63, 3.8) is 0 Å². The Morgan fingerprint density at radius 2 is 2.00 bits per heavy atom. The molecule has 0 aromatic carbocycles. The Hall–Kier alpha value is -0.870. The smallest absolute Gasteiger partial charge is 0.391 e. The van der Waals surface area contributed by atoms with E-state index in [-0.39, 0.29) is 10.3 Å². The minimum absolute atomic E-state index is 0.0324. The van der Waals surface area contributed by atoms with E-state index >= 15 is 0 Å². The van der Waals surface area contributed by atoms with Crippen LogP contribution in [0.15, 0.2) is 12.3 Å². The van der Waals surface area contributed by atoms with E-state index in [9.17, 15) is 4.79 Å². The average Bonchev–Trinajstić information content (AvgIpc) is 1.62. The summed E-state index contributed by atoms with van der Waals surface area (Å²) in [5.74, 6) is 4.27. The number of hydrogen-bond acceptors (Lipinski definition) is 2. The van der Waals surface area contributed by atoms with Gasteiger partial charge in [-0.25, -0.2) is 9.39 Å². The molecule has 0 atom stereocenters. The van der Waals surface area contributed by atoms with E-state index in [0.29, 0.717) is 0 Å². The molecule has 4 nitrogen and oxygen atoms in total. The molecule has 0 bridgehead atoms. The first-order valence-electron chi connectivity index (χ1n) is 2.41. The van der Waals surface area contributed by atoms with Gasteiger partial charge in [-0.15, -0.1) is 0 Å². The SMILES string of the molecule is C=C(C(=O)O)[N+](C)(C)N. The van der Waals surface area contributed by atoms with Crippen molar-refractivity contribution in [3.05, 3.63) is 12.3 Å². The second kappa shape index (κ2) is 2.16. The lowest BCUT2D eigenvalue weighted by Crippen LogP contribution is -2.47. The molecule has 0 saturated heterocycles. The fourth-order valence-corrected chi connectivity index (χ4v) is 0.247. The van der Waals surface area contributed by atoms with Crippen molar-refractivity contribution in [1.29, 1.82) is 0 Å². The Balaban J connectivity index is 4.23. The lowest BCUT2D eigenvalue weighted by atomic mass is 10.4. The van der Waals surface area contributed by atoms with Crippen molar-refractivity contribution in [2.45, 2.75) is 0 Å². The maximum atomic E-state index is 10.2. The molecule has 4 heteroatoms. The Labute approximate surface area is 53.7 Å². The van der Waals surface area contributed by atoms with Crippen molar-refractivity contribution in [2.24, 2.45) is 5.84 Å². The third kappa shape index (κ3) is 2.25. The lowest BCUT2D eigenvalue weighted by molar-refractivity contribution is -0.860. The fraction of sp³-hybridized carbons (Fsp3) is 0.400. The van der Waals surface area contributed by atoms with E-state index in [1.54, 1.807) is 0 Å². The molecule has 9 heavy (non-hydrogen) atoms. The molecule has 0 radical (unpaired) electrons. The van der Waals surface area contributed by atoms with Crippen LogP contribution in [0.4, 0.5) is 0 Å². The number of rotatable bonds is 2. The molecule has 0 fully saturated rings. The number of carbonyl (C=O) groups is 1. The third-order valence-electron chi connectivity index (χ3n) is 0.943. The van der Waals surface area contributed by atoms with Gasteiger partial charge in [0.25, 0.3) is 0 Å². The van der Waals surface area contributed by atoms with E-state index in [1.807, 2.05) is 0 Å². The molecular weight excluding hydrogens is 120 g/mol. The van der Waals surface area contributed by atoms with Crippen LogP contribution >= 0.6 is 0 Å². The standard InChI is InChI=1S/C5H10N2O2/c1-4(5(8)9)7(2,3)6/h1,6H2,2-3H3/p+1. The summed E-state index contributed by atoms with van der Waals surface area (Å²) < 4.78 is -0.227. The summed E-state index contributed by atoms with van der Waals surface area (Å²) in [6.45, 7) is 3.27. The number of nitrogens with two attached hydrogens (primary N) is 1. The van der Waals surface area contributed by atoms with Gasteiger partial charge in [-0.2, -0.15) is 5.84 Å². The van der Waals surface area contributed by atoms with Crippen molar-refractivity contribution >= 4 is 5.97 Å².